The van der Waals surface area contributed by atoms with Gasteiger partial charge in [-0.15, -0.1) is 0 Å². The van der Waals surface area contributed by atoms with Crippen LogP contribution in [0.25, 0.3) is 0 Å². The van der Waals surface area contributed by atoms with Crippen molar-refractivity contribution in [2.24, 2.45) is 0 Å². The predicted octanol–water partition coefficient (Wildman–Crippen LogP) is 2.53. The Morgan fingerprint density at radius 2 is 1.51 bits per heavy atom. The first-order valence-corrected chi connectivity index (χ1v) is 15.2. The van der Waals surface area contributed by atoms with E-state index in [1.807, 2.05) is 6.07 Å². The maximum Gasteiger partial charge on any atom is 0.289 e. The third-order valence-corrected chi connectivity index (χ3v) is 7.94. The fraction of sp³-hybridized carbons (Fsp3) is 0.387. The maximum absolute atomic E-state index is 12.5. The molecule has 0 saturated heterocycles. The zero-order valence-electron chi connectivity index (χ0n) is 24.5. The molecule has 0 radical (unpaired) electrons. The summed E-state index contributed by atoms with van der Waals surface area (Å²) in [4.78, 5) is 64.1. The van der Waals surface area contributed by atoms with Crippen molar-refractivity contribution in [1.82, 2.24) is 20.4 Å². The molecule has 0 unspecified atom stereocenters. The molecular weight excluding hydrogens is 627 g/mol. The second-order valence-corrected chi connectivity index (χ2v) is 11.1. The number of ether oxygens (including phenoxy) is 2. The Morgan fingerprint density at radius 3 is 2.20 bits per heavy atom. The van der Waals surface area contributed by atoms with E-state index in [0.717, 1.165) is 10.5 Å². The number of halogens is 2. The lowest BCUT2D eigenvalue weighted by atomic mass is 10.1. The molecular formula is C31H34Cl2N4O8. The van der Waals surface area contributed by atoms with Crippen molar-refractivity contribution >= 4 is 52.7 Å². The molecule has 3 N–H and O–H groups in total. The van der Waals surface area contributed by atoms with Gasteiger partial charge >= 0.3 is 0 Å². The minimum atomic E-state index is -0.630. The first kappa shape index (κ1) is 33.9. The third kappa shape index (κ3) is 9.04. The molecule has 0 saturated carbocycles. The molecule has 2 aliphatic heterocycles. The molecule has 0 atom stereocenters. The lowest BCUT2D eigenvalue weighted by molar-refractivity contribution is -0.128. The van der Waals surface area contributed by atoms with E-state index in [1.165, 1.54) is 4.90 Å². The number of imide groups is 1. The van der Waals surface area contributed by atoms with E-state index in [9.17, 15) is 29.1 Å². The van der Waals surface area contributed by atoms with E-state index in [-0.39, 0.29) is 70.5 Å². The summed E-state index contributed by atoms with van der Waals surface area (Å²) in [6.45, 7) is 1.65. The molecule has 5 amide bonds. The second kappa shape index (κ2) is 16.4. The van der Waals surface area contributed by atoms with Gasteiger partial charge in [-0.05, 0) is 42.7 Å². The van der Waals surface area contributed by atoms with Crippen LogP contribution in [-0.2, 0) is 30.3 Å². The third-order valence-electron chi connectivity index (χ3n) is 7.20. The first-order chi connectivity index (χ1) is 21.7. The molecule has 12 nitrogen and oxygen atoms in total. The van der Waals surface area contributed by atoms with Crippen LogP contribution in [0.1, 0.15) is 39.1 Å². The SMILES string of the molecule is O=C(CCN1C(=O)c2ccccc2C1=O)NCCOCCOCCN1CC(C(=O)NCCCc2ccc(Cl)c(Cl)c2)=C(O)C1=O. The van der Waals surface area contributed by atoms with Gasteiger partial charge in [0.2, 0.25) is 5.91 Å². The number of carbonyl (C=O) groups excluding carboxylic acids is 5. The van der Waals surface area contributed by atoms with Crippen molar-refractivity contribution in [3.8, 4) is 0 Å². The van der Waals surface area contributed by atoms with E-state index in [1.54, 1.807) is 36.4 Å². The molecule has 45 heavy (non-hydrogen) atoms. The smallest absolute Gasteiger partial charge is 0.289 e. The number of carbonyl (C=O) groups is 5. The van der Waals surface area contributed by atoms with Crippen LogP contribution in [-0.4, -0.2) is 104 Å². The van der Waals surface area contributed by atoms with Crippen LogP contribution < -0.4 is 10.6 Å². The van der Waals surface area contributed by atoms with E-state index in [2.05, 4.69) is 10.6 Å². The molecule has 240 valence electrons. The van der Waals surface area contributed by atoms with Crippen LogP contribution in [0.5, 0.6) is 0 Å². The summed E-state index contributed by atoms with van der Waals surface area (Å²) in [6.07, 6.45) is 1.29. The number of amides is 5. The summed E-state index contributed by atoms with van der Waals surface area (Å²) in [5, 5.41) is 16.5. The molecule has 0 fully saturated rings. The minimum absolute atomic E-state index is 0.00689. The van der Waals surface area contributed by atoms with Crippen LogP contribution in [0.2, 0.25) is 10.0 Å². The average Bonchev–Trinajstić information content (AvgIpc) is 3.45. The fourth-order valence-electron chi connectivity index (χ4n) is 4.78. The van der Waals surface area contributed by atoms with E-state index in [0.29, 0.717) is 40.6 Å². The number of rotatable bonds is 17. The van der Waals surface area contributed by atoms with E-state index >= 15 is 0 Å². The van der Waals surface area contributed by atoms with Gasteiger partial charge in [-0.2, -0.15) is 0 Å². The Morgan fingerprint density at radius 1 is 0.822 bits per heavy atom. The zero-order valence-corrected chi connectivity index (χ0v) is 26.0. The summed E-state index contributed by atoms with van der Waals surface area (Å²) in [7, 11) is 0. The number of nitrogens with one attached hydrogen (secondary N) is 2. The van der Waals surface area contributed by atoms with Crippen LogP contribution in [0, 0.1) is 0 Å². The highest BCUT2D eigenvalue weighted by Gasteiger charge is 2.35. The second-order valence-electron chi connectivity index (χ2n) is 10.3. The molecule has 0 spiro atoms. The Kier molecular flexibility index (Phi) is 12.3. The number of benzene rings is 2. The number of aliphatic hydroxyl groups excluding tert-OH is 1. The van der Waals surface area contributed by atoms with Gasteiger partial charge < -0.3 is 30.1 Å². The molecule has 14 heteroatoms. The lowest BCUT2D eigenvalue weighted by Gasteiger charge is -2.16. The van der Waals surface area contributed by atoms with Gasteiger partial charge in [0, 0.05) is 32.6 Å². The molecule has 0 aliphatic carbocycles. The molecule has 2 aliphatic rings. The maximum atomic E-state index is 12.5. The molecule has 2 heterocycles. The van der Waals surface area contributed by atoms with Crippen LogP contribution in [0.3, 0.4) is 0 Å². The van der Waals surface area contributed by atoms with Gasteiger partial charge in [0.1, 0.15) is 0 Å². The standard InChI is InChI=1S/C31H34Cl2N4O8/c32-24-8-7-20(18-25(24)33)4-3-10-35-28(40)23-19-36(31(43)27(23)39)13-15-45-17-16-44-14-11-34-26(38)9-12-37-29(41)21-5-1-2-6-22(21)30(37)42/h1-2,5-8,18,39H,3-4,9-17,19H2,(H,34,38)(H,35,40). The number of aryl methyl sites for hydroxylation is 1. The topological polar surface area (TPSA) is 155 Å². The monoisotopic (exact) mass is 660 g/mol. The van der Waals surface area contributed by atoms with Crippen molar-refractivity contribution in [1.29, 1.82) is 0 Å². The van der Waals surface area contributed by atoms with Gasteiger partial charge in [-0.3, -0.25) is 28.9 Å². The van der Waals surface area contributed by atoms with Gasteiger partial charge in [-0.25, -0.2) is 0 Å². The minimum Gasteiger partial charge on any atom is -0.503 e. The summed E-state index contributed by atoms with van der Waals surface area (Å²) in [6, 6.07) is 11.9. The van der Waals surface area contributed by atoms with Crippen molar-refractivity contribution in [3.63, 3.8) is 0 Å². The van der Waals surface area contributed by atoms with E-state index in [4.69, 9.17) is 32.7 Å². The highest BCUT2D eigenvalue weighted by molar-refractivity contribution is 6.42. The summed E-state index contributed by atoms with van der Waals surface area (Å²) in [5.41, 5.74) is 1.69. The Hall–Kier alpha value is -3.97. The molecule has 4 rings (SSSR count). The molecule has 2 aromatic rings. The van der Waals surface area contributed by atoms with Gasteiger partial charge in [-0.1, -0.05) is 41.4 Å². The number of fused-ring (bicyclic) bond motifs is 1. The van der Waals surface area contributed by atoms with E-state index < -0.39 is 29.4 Å². The Balaban J connectivity index is 1.01. The van der Waals surface area contributed by atoms with Gasteiger partial charge in [0.15, 0.2) is 5.76 Å². The first-order valence-electron chi connectivity index (χ1n) is 14.5. The highest BCUT2D eigenvalue weighted by atomic mass is 35.5. The molecule has 2 aromatic carbocycles. The number of nitrogens with zero attached hydrogens (tertiary/aromatic N) is 2. The molecule has 0 aromatic heterocycles. The van der Waals surface area contributed by atoms with Crippen LogP contribution in [0.15, 0.2) is 53.8 Å². The average molecular weight is 662 g/mol. The lowest BCUT2D eigenvalue weighted by Crippen LogP contribution is -2.35. The van der Waals surface area contributed by atoms with Crippen molar-refractivity contribution < 1.29 is 38.6 Å². The number of hydrogen-bond donors (Lipinski definition) is 3. The van der Waals surface area contributed by atoms with Gasteiger partial charge in [0.25, 0.3) is 23.6 Å². The normalized spacial score (nSPS) is 14.4. The fourth-order valence-corrected chi connectivity index (χ4v) is 5.10. The highest BCUT2D eigenvalue weighted by Crippen LogP contribution is 2.24. The van der Waals surface area contributed by atoms with Gasteiger partial charge in [0.05, 0.1) is 59.7 Å². The summed E-state index contributed by atoms with van der Waals surface area (Å²) < 4.78 is 10.9. The van der Waals surface area contributed by atoms with Crippen molar-refractivity contribution in [3.05, 3.63) is 80.5 Å². The number of hydrogen-bond acceptors (Lipinski definition) is 8. The Labute approximate surface area is 270 Å². The van der Waals surface area contributed by atoms with Crippen molar-refractivity contribution in [2.45, 2.75) is 19.3 Å². The van der Waals surface area contributed by atoms with Crippen molar-refractivity contribution in [2.75, 3.05) is 59.2 Å². The van der Waals surface area contributed by atoms with Crippen LogP contribution >= 0.6 is 23.2 Å². The number of aliphatic hydroxyl groups is 1. The molecule has 0 bridgehead atoms. The zero-order chi connectivity index (χ0) is 32.3. The largest absolute Gasteiger partial charge is 0.503 e. The quantitative estimate of drug-likeness (QED) is 0.173. The van der Waals surface area contributed by atoms with Crippen LogP contribution in [0.4, 0.5) is 0 Å². The summed E-state index contributed by atoms with van der Waals surface area (Å²) in [5.74, 6) is -2.80. The summed E-state index contributed by atoms with van der Waals surface area (Å²) >= 11 is 11.9. The Bertz CT molecular complexity index is 1450. The predicted molar refractivity (Wildman–Crippen MR) is 165 cm³/mol.